The van der Waals surface area contributed by atoms with Gasteiger partial charge >= 0.3 is 0 Å². The Hall–Kier alpha value is -1.10. The summed E-state index contributed by atoms with van der Waals surface area (Å²) < 4.78 is 54.6. The maximum Gasteiger partial charge on any atom is 0.248 e. The van der Waals surface area contributed by atoms with Crippen LogP contribution in [-0.4, -0.2) is 12.5 Å². The molecule has 0 saturated heterocycles. The topological polar surface area (TPSA) is 12.0 Å². The number of benzene rings is 1. The van der Waals surface area contributed by atoms with Gasteiger partial charge in [0.2, 0.25) is 5.92 Å². The quantitative estimate of drug-likeness (QED) is 0.768. The van der Waals surface area contributed by atoms with E-state index < -0.39 is 23.6 Å². The van der Waals surface area contributed by atoms with Crippen LogP contribution >= 0.6 is 0 Å². The van der Waals surface area contributed by atoms with Crippen molar-refractivity contribution in [3.05, 3.63) is 35.4 Å². The smallest absolute Gasteiger partial charge is 0.248 e. The highest BCUT2D eigenvalue weighted by Crippen LogP contribution is 2.42. The second-order valence-corrected chi connectivity index (χ2v) is 5.76. The summed E-state index contributed by atoms with van der Waals surface area (Å²) >= 11 is 0. The molecule has 1 aliphatic rings. The summed E-state index contributed by atoms with van der Waals surface area (Å²) in [6.07, 6.45) is 0.954. The van der Waals surface area contributed by atoms with Crippen LogP contribution in [0.5, 0.6) is 0 Å². The first-order valence-corrected chi connectivity index (χ1v) is 7.49. The van der Waals surface area contributed by atoms with Gasteiger partial charge < -0.3 is 5.32 Å². The van der Waals surface area contributed by atoms with Gasteiger partial charge in [0.05, 0.1) is 0 Å². The predicted molar refractivity (Wildman–Crippen MR) is 74.3 cm³/mol. The highest BCUT2D eigenvalue weighted by atomic mass is 19.3. The van der Waals surface area contributed by atoms with Gasteiger partial charge in [0.1, 0.15) is 11.6 Å². The zero-order valence-corrected chi connectivity index (χ0v) is 12.1. The molecule has 1 saturated carbocycles. The lowest BCUT2D eigenvalue weighted by Crippen LogP contribution is -2.35. The molecule has 1 nitrogen and oxygen atoms in total. The third-order valence-electron chi connectivity index (χ3n) is 4.16. The number of hydrogen-bond acceptors (Lipinski definition) is 1. The van der Waals surface area contributed by atoms with Crippen LogP contribution in [0.2, 0.25) is 0 Å². The molecular weight excluding hydrogens is 282 g/mol. The van der Waals surface area contributed by atoms with Gasteiger partial charge in [-0.1, -0.05) is 13.0 Å². The zero-order chi connectivity index (χ0) is 15.5. The first kappa shape index (κ1) is 16.3. The Labute approximate surface area is 122 Å². The highest BCUT2D eigenvalue weighted by Gasteiger charge is 2.39. The monoisotopic (exact) mass is 303 g/mol. The minimum absolute atomic E-state index is 0.0128. The van der Waals surface area contributed by atoms with E-state index in [-0.39, 0.29) is 37.2 Å². The molecule has 1 atom stereocenters. The van der Waals surface area contributed by atoms with E-state index >= 15 is 0 Å². The zero-order valence-electron chi connectivity index (χ0n) is 12.1. The van der Waals surface area contributed by atoms with Crippen molar-refractivity contribution in [1.82, 2.24) is 5.32 Å². The summed E-state index contributed by atoms with van der Waals surface area (Å²) in [5.41, 5.74) is -0.0128. The van der Waals surface area contributed by atoms with Crippen LogP contribution in [0.15, 0.2) is 18.2 Å². The molecule has 2 rings (SSSR count). The Morgan fingerprint density at radius 2 is 1.76 bits per heavy atom. The molecule has 1 aliphatic carbocycles. The Bertz CT molecular complexity index is 445. The van der Waals surface area contributed by atoms with Crippen LogP contribution < -0.4 is 5.32 Å². The Morgan fingerprint density at radius 1 is 1.19 bits per heavy atom. The van der Waals surface area contributed by atoms with Crippen molar-refractivity contribution in [3.8, 4) is 0 Å². The average molecular weight is 303 g/mol. The third kappa shape index (κ3) is 3.96. The molecule has 1 N–H and O–H groups in total. The van der Waals surface area contributed by atoms with Crippen molar-refractivity contribution < 1.29 is 17.6 Å². The Morgan fingerprint density at radius 3 is 2.29 bits per heavy atom. The van der Waals surface area contributed by atoms with Gasteiger partial charge in [0, 0.05) is 24.4 Å². The molecule has 0 aromatic heterocycles. The maximum absolute atomic E-state index is 14.0. The number of alkyl halides is 2. The van der Waals surface area contributed by atoms with E-state index in [0.29, 0.717) is 6.54 Å². The van der Waals surface area contributed by atoms with Gasteiger partial charge in [-0.05, 0) is 43.9 Å². The number of rotatable bonds is 5. The van der Waals surface area contributed by atoms with E-state index in [4.69, 9.17) is 0 Å². The van der Waals surface area contributed by atoms with Gasteiger partial charge in [-0.25, -0.2) is 17.6 Å². The summed E-state index contributed by atoms with van der Waals surface area (Å²) in [7, 11) is 0. The van der Waals surface area contributed by atoms with Crippen LogP contribution in [0.1, 0.15) is 50.6 Å². The fraction of sp³-hybridized carbons (Fsp3) is 0.625. The molecule has 0 bridgehead atoms. The van der Waals surface area contributed by atoms with Gasteiger partial charge in [0.25, 0.3) is 0 Å². The van der Waals surface area contributed by atoms with E-state index in [2.05, 4.69) is 5.32 Å². The van der Waals surface area contributed by atoms with Crippen LogP contribution in [0, 0.1) is 17.6 Å². The standard InChI is InChI=1S/C16H21F4N/c1-2-10-21-15(11-6-8-16(19,20)9-7-11)14-12(17)4-3-5-13(14)18/h3-5,11,15,21H,2,6-10H2,1H3. The minimum Gasteiger partial charge on any atom is -0.310 e. The van der Waals surface area contributed by atoms with Crippen molar-refractivity contribution in [1.29, 1.82) is 0 Å². The molecule has 0 radical (unpaired) electrons. The molecule has 1 aromatic carbocycles. The Balaban J connectivity index is 2.22. The van der Waals surface area contributed by atoms with Gasteiger partial charge in [0.15, 0.2) is 0 Å². The first-order chi connectivity index (χ1) is 9.94. The fourth-order valence-electron chi connectivity index (χ4n) is 3.01. The van der Waals surface area contributed by atoms with Gasteiger partial charge in [-0.3, -0.25) is 0 Å². The molecule has 1 aromatic rings. The summed E-state index contributed by atoms with van der Waals surface area (Å²) in [4.78, 5) is 0. The SMILES string of the molecule is CCCNC(c1c(F)cccc1F)C1CCC(F)(F)CC1. The molecule has 1 fully saturated rings. The van der Waals surface area contributed by atoms with E-state index in [9.17, 15) is 17.6 Å². The lowest BCUT2D eigenvalue weighted by Gasteiger charge is -2.34. The van der Waals surface area contributed by atoms with Crippen LogP contribution in [0.4, 0.5) is 17.6 Å². The molecular formula is C16H21F4N. The van der Waals surface area contributed by atoms with Crippen LogP contribution in [0.25, 0.3) is 0 Å². The summed E-state index contributed by atoms with van der Waals surface area (Å²) in [6, 6.07) is 3.22. The molecule has 0 amide bonds. The molecule has 5 heteroatoms. The molecule has 21 heavy (non-hydrogen) atoms. The molecule has 0 aliphatic heterocycles. The van der Waals surface area contributed by atoms with E-state index in [1.807, 2.05) is 6.92 Å². The first-order valence-electron chi connectivity index (χ1n) is 7.49. The molecule has 0 heterocycles. The largest absolute Gasteiger partial charge is 0.310 e. The van der Waals surface area contributed by atoms with Gasteiger partial charge in [-0.2, -0.15) is 0 Å². The van der Waals surface area contributed by atoms with E-state index in [0.717, 1.165) is 6.42 Å². The normalized spacial score (nSPS) is 20.4. The van der Waals surface area contributed by atoms with E-state index in [1.165, 1.54) is 18.2 Å². The maximum atomic E-state index is 14.0. The second-order valence-electron chi connectivity index (χ2n) is 5.76. The second kappa shape index (κ2) is 6.77. The van der Waals surface area contributed by atoms with E-state index in [1.54, 1.807) is 0 Å². The Kier molecular flexibility index (Phi) is 5.25. The van der Waals surface area contributed by atoms with Crippen LogP contribution in [0.3, 0.4) is 0 Å². The van der Waals surface area contributed by atoms with Gasteiger partial charge in [-0.15, -0.1) is 0 Å². The van der Waals surface area contributed by atoms with Crippen molar-refractivity contribution in [2.24, 2.45) is 5.92 Å². The van der Waals surface area contributed by atoms with Crippen LogP contribution in [-0.2, 0) is 0 Å². The van der Waals surface area contributed by atoms with Crippen molar-refractivity contribution in [3.63, 3.8) is 0 Å². The summed E-state index contributed by atoms with van der Waals surface area (Å²) in [5.74, 6) is -4.02. The highest BCUT2D eigenvalue weighted by molar-refractivity contribution is 5.24. The number of nitrogens with one attached hydrogen (secondary N) is 1. The average Bonchev–Trinajstić information content (AvgIpc) is 2.42. The number of halogens is 4. The minimum atomic E-state index is -2.64. The van der Waals surface area contributed by atoms with Crippen molar-refractivity contribution >= 4 is 0 Å². The van der Waals surface area contributed by atoms with Crippen molar-refractivity contribution in [2.45, 2.75) is 51.0 Å². The van der Waals surface area contributed by atoms with Crippen molar-refractivity contribution in [2.75, 3.05) is 6.54 Å². The molecule has 0 spiro atoms. The summed E-state index contributed by atoms with van der Waals surface area (Å²) in [6.45, 7) is 2.56. The number of hydrogen-bond donors (Lipinski definition) is 1. The predicted octanol–water partition coefficient (Wildman–Crippen LogP) is 4.83. The lowest BCUT2D eigenvalue weighted by atomic mass is 9.79. The lowest BCUT2D eigenvalue weighted by molar-refractivity contribution is -0.0499. The summed E-state index contributed by atoms with van der Waals surface area (Å²) in [5, 5.41) is 3.14. The molecule has 118 valence electrons. The third-order valence-corrected chi connectivity index (χ3v) is 4.16. The molecule has 1 unspecified atom stereocenters. The fourth-order valence-corrected chi connectivity index (χ4v) is 3.01.